The molecule has 1 saturated carbocycles. The van der Waals surface area contributed by atoms with Crippen LogP contribution in [-0.2, 0) is 9.59 Å². The Morgan fingerprint density at radius 2 is 1.96 bits per heavy atom. The van der Waals surface area contributed by atoms with E-state index in [0.29, 0.717) is 5.69 Å². The molecule has 0 unspecified atom stereocenters. The van der Waals surface area contributed by atoms with E-state index < -0.39 is 5.91 Å². The van der Waals surface area contributed by atoms with E-state index in [-0.39, 0.29) is 18.5 Å². The summed E-state index contributed by atoms with van der Waals surface area (Å²) in [5, 5.41) is 8.52. The van der Waals surface area contributed by atoms with E-state index in [1.54, 1.807) is 17.2 Å². The van der Waals surface area contributed by atoms with E-state index in [1.807, 2.05) is 30.3 Å². The first-order valence-electron chi connectivity index (χ1n) is 8.38. The van der Waals surface area contributed by atoms with Crippen molar-refractivity contribution in [3.8, 4) is 5.69 Å². The molecule has 0 atom stereocenters. The van der Waals surface area contributed by atoms with E-state index in [0.717, 1.165) is 31.4 Å². The summed E-state index contributed by atoms with van der Waals surface area (Å²) in [6, 6.07) is 9.61. The molecule has 2 aromatic rings. The molecule has 2 N–H and O–H groups in total. The van der Waals surface area contributed by atoms with Crippen molar-refractivity contribution in [2.45, 2.75) is 31.7 Å². The van der Waals surface area contributed by atoms with Gasteiger partial charge in [-0.3, -0.25) is 9.59 Å². The van der Waals surface area contributed by atoms with Gasteiger partial charge in [0.15, 0.2) is 0 Å². The van der Waals surface area contributed by atoms with Gasteiger partial charge < -0.3 is 10.6 Å². The van der Waals surface area contributed by atoms with Crippen LogP contribution in [-0.4, -0.2) is 44.3 Å². The summed E-state index contributed by atoms with van der Waals surface area (Å²) in [6.45, 7) is -0.0510. The second-order valence-corrected chi connectivity index (χ2v) is 6.10. The predicted octanol–water partition coefficient (Wildman–Crippen LogP) is 1.54. The standard InChI is InChI=1S/C18H21N5O2/c19-17(24)13-22(15-6-4-5-7-15)18(25)11-10-14-12-20-23(21-14)16-8-2-1-3-9-16/h1-3,8-12,15H,4-7,13H2,(H2,19,24)/b11-10+. The summed E-state index contributed by atoms with van der Waals surface area (Å²) in [4.78, 5) is 26.8. The topological polar surface area (TPSA) is 94.1 Å². The number of nitrogens with two attached hydrogens (primary N) is 1. The number of para-hydroxylation sites is 1. The smallest absolute Gasteiger partial charge is 0.247 e. The zero-order chi connectivity index (χ0) is 17.6. The molecule has 25 heavy (non-hydrogen) atoms. The molecule has 1 aliphatic carbocycles. The molecule has 0 radical (unpaired) electrons. The molecule has 1 aromatic carbocycles. The molecule has 130 valence electrons. The lowest BCUT2D eigenvalue weighted by molar-refractivity contribution is -0.133. The third-order valence-electron chi connectivity index (χ3n) is 4.27. The predicted molar refractivity (Wildman–Crippen MR) is 93.6 cm³/mol. The lowest BCUT2D eigenvalue weighted by atomic mass is 10.2. The number of nitrogens with zero attached hydrogens (tertiary/aromatic N) is 4. The average Bonchev–Trinajstić information content (AvgIpc) is 3.30. The maximum absolute atomic E-state index is 12.5. The number of rotatable bonds is 6. The van der Waals surface area contributed by atoms with Crippen molar-refractivity contribution >= 4 is 17.9 Å². The molecular formula is C18H21N5O2. The van der Waals surface area contributed by atoms with Gasteiger partial charge in [-0.2, -0.15) is 9.90 Å². The number of hydrogen-bond acceptors (Lipinski definition) is 4. The number of hydrogen-bond donors (Lipinski definition) is 1. The third kappa shape index (κ3) is 4.32. The number of carbonyl (C=O) groups excluding carboxylic acids is 2. The Hall–Kier alpha value is -2.96. The number of amides is 2. The minimum atomic E-state index is -0.497. The normalized spacial score (nSPS) is 14.9. The molecule has 7 heteroatoms. The van der Waals surface area contributed by atoms with Crippen LogP contribution in [0.3, 0.4) is 0 Å². The van der Waals surface area contributed by atoms with Crippen LogP contribution in [0.5, 0.6) is 0 Å². The van der Waals surface area contributed by atoms with Crippen molar-refractivity contribution in [1.29, 1.82) is 0 Å². The van der Waals surface area contributed by atoms with Crippen LogP contribution in [0.25, 0.3) is 11.8 Å². The molecule has 0 spiro atoms. The Kier molecular flexibility index (Phi) is 5.23. The molecule has 1 aliphatic rings. The highest BCUT2D eigenvalue weighted by Crippen LogP contribution is 2.23. The van der Waals surface area contributed by atoms with Crippen LogP contribution >= 0.6 is 0 Å². The highest BCUT2D eigenvalue weighted by Gasteiger charge is 2.26. The Morgan fingerprint density at radius 3 is 2.64 bits per heavy atom. The summed E-state index contributed by atoms with van der Waals surface area (Å²) >= 11 is 0. The molecule has 1 heterocycles. The zero-order valence-electron chi connectivity index (χ0n) is 13.9. The van der Waals surface area contributed by atoms with Crippen molar-refractivity contribution in [3.63, 3.8) is 0 Å². The first kappa shape index (κ1) is 16.9. The molecular weight excluding hydrogens is 318 g/mol. The first-order valence-corrected chi connectivity index (χ1v) is 8.38. The Bertz CT molecular complexity index is 763. The molecule has 0 saturated heterocycles. The summed E-state index contributed by atoms with van der Waals surface area (Å²) in [6.07, 6.45) is 8.60. The number of carbonyl (C=O) groups is 2. The number of benzene rings is 1. The molecule has 1 aromatic heterocycles. The highest BCUT2D eigenvalue weighted by molar-refractivity contribution is 5.94. The minimum absolute atomic E-state index is 0.0510. The van der Waals surface area contributed by atoms with E-state index >= 15 is 0 Å². The molecule has 0 aliphatic heterocycles. The van der Waals surface area contributed by atoms with Gasteiger partial charge in [0.25, 0.3) is 0 Å². The fraction of sp³-hybridized carbons (Fsp3) is 0.333. The Morgan fingerprint density at radius 1 is 1.24 bits per heavy atom. The van der Waals surface area contributed by atoms with Crippen LogP contribution in [0, 0.1) is 0 Å². The monoisotopic (exact) mass is 339 g/mol. The van der Waals surface area contributed by atoms with Gasteiger partial charge >= 0.3 is 0 Å². The summed E-state index contributed by atoms with van der Waals surface area (Å²) < 4.78 is 0. The Balaban J connectivity index is 1.70. The SMILES string of the molecule is NC(=O)CN(C(=O)/C=C/c1cnn(-c2ccccc2)n1)C1CCCC1. The summed E-state index contributed by atoms with van der Waals surface area (Å²) in [5.74, 6) is -0.719. The van der Waals surface area contributed by atoms with E-state index in [2.05, 4.69) is 10.2 Å². The van der Waals surface area contributed by atoms with Gasteiger partial charge in [-0.15, -0.1) is 5.10 Å². The van der Waals surface area contributed by atoms with Gasteiger partial charge in [-0.1, -0.05) is 31.0 Å². The van der Waals surface area contributed by atoms with Crippen LogP contribution in [0.2, 0.25) is 0 Å². The number of primary amides is 1. The van der Waals surface area contributed by atoms with Crippen molar-refractivity contribution in [2.75, 3.05) is 6.54 Å². The molecule has 0 bridgehead atoms. The van der Waals surface area contributed by atoms with Gasteiger partial charge in [0.2, 0.25) is 11.8 Å². The maximum Gasteiger partial charge on any atom is 0.247 e. The van der Waals surface area contributed by atoms with E-state index in [1.165, 1.54) is 10.9 Å². The highest BCUT2D eigenvalue weighted by atomic mass is 16.2. The molecule has 1 fully saturated rings. The molecule has 3 rings (SSSR count). The lowest BCUT2D eigenvalue weighted by Gasteiger charge is -2.26. The molecule has 7 nitrogen and oxygen atoms in total. The lowest BCUT2D eigenvalue weighted by Crippen LogP contribution is -2.43. The van der Waals surface area contributed by atoms with E-state index in [4.69, 9.17) is 5.73 Å². The minimum Gasteiger partial charge on any atom is -0.368 e. The van der Waals surface area contributed by atoms with Crippen molar-refractivity contribution in [2.24, 2.45) is 5.73 Å². The van der Waals surface area contributed by atoms with Gasteiger partial charge in [-0.05, 0) is 31.1 Å². The van der Waals surface area contributed by atoms with Crippen LogP contribution in [0.15, 0.2) is 42.6 Å². The summed E-state index contributed by atoms with van der Waals surface area (Å²) in [7, 11) is 0. The van der Waals surface area contributed by atoms with Gasteiger partial charge in [0, 0.05) is 12.1 Å². The van der Waals surface area contributed by atoms with Gasteiger partial charge in [0.1, 0.15) is 5.69 Å². The van der Waals surface area contributed by atoms with E-state index in [9.17, 15) is 9.59 Å². The second-order valence-electron chi connectivity index (χ2n) is 6.10. The number of aromatic nitrogens is 3. The zero-order valence-corrected chi connectivity index (χ0v) is 13.9. The quantitative estimate of drug-likeness (QED) is 0.808. The van der Waals surface area contributed by atoms with Crippen LogP contribution in [0.1, 0.15) is 31.4 Å². The average molecular weight is 339 g/mol. The fourth-order valence-electron chi connectivity index (χ4n) is 3.06. The Labute approximate surface area is 146 Å². The van der Waals surface area contributed by atoms with Crippen molar-refractivity contribution in [1.82, 2.24) is 19.9 Å². The third-order valence-corrected chi connectivity index (χ3v) is 4.27. The maximum atomic E-state index is 12.5. The van der Waals surface area contributed by atoms with Gasteiger partial charge in [0.05, 0.1) is 18.4 Å². The van der Waals surface area contributed by atoms with Crippen LogP contribution < -0.4 is 5.73 Å². The van der Waals surface area contributed by atoms with Crippen molar-refractivity contribution in [3.05, 3.63) is 48.3 Å². The van der Waals surface area contributed by atoms with Gasteiger partial charge in [-0.25, -0.2) is 0 Å². The first-order chi connectivity index (χ1) is 12.1. The van der Waals surface area contributed by atoms with Crippen molar-refractivity contribution < 1.29 is 9.59 Å². The summed E-state index contributed by atoms with van der Waals surface area (Å²) in [5.41, 5.74) is 6.71. The van der Waals surface area contributed by atoms with Crippen LogP contribution in [0.4, 0.5) is 0 Å². The molecule has 2 amide bonds. The largest absolute Gasteiger partial charge is 0.368 e. The second kappa shape index (κ2) is 7.74. The fourth-order valence-corrected chi connectivity index (χ4v) is 3.06.